The molecule has 0 saturated heterocycles. The van der Waals surface area contributed by atoms with Crippen molar-refractivity contribution in [3.63, 3.8) is 0 Å². The van der Waals surface area contributed by atoms with Crippen LogP contribution >= 0.6 is 0 Å². The van der Waals surface area contributed by atoms with Crippen molar-refractivity contribution in [2.45, 2.75) is 20.4 Å². The number of carbonyl (C=O) groups is 1. The number of hydrazine groups is 1. The highest BCUT2D eigenvalue weighted by Crippen LogP contribution is 2.14. The molecule has 1 heterocycles. The second-order valence-electron chi connectivity index (χ2n) is 3.40. The summed E-state index contributed by atoms with van der Waals surface area (Å²) in [5.41, 5.74) is 4.69. The van der Waals surface area contributed by atoms with Gasteiger partial charge in [0, 0.05) is 25.0 Å². The number of methoxy groups -OCH3 is 1. The number of aromatic nitrogens is 1. The lowest BCUT2D eigenvalue weighted by Gasteiger charge is -2.08. The first-order chi connectivity index (χ1) is 7.11. The Morgan fingerprint density at radius 1 is 1.60 bits per heavy atom. The van der Waals surface area contributed by atoms with Crippen LogP contribution in [0.1, 0.15) is 21.7 Å². The molecule has 0 radical (unpaired) electrons. The molecule has 0 unspecified atom stereocenters. The highest BCUT2D eigenvalue weighted by molar-refractivity contribution is 5.95. The number of rotatable bonds is 4. The SMILES string of the molecule is COCCn1c(C)cc(C(=O)NN)c1C. The van der Waals surface area contributed by atoms with Gasteiger partial charge in [0.25, 0.3) is 5.91 Å². The van der Waals surface area contributed by atoms with Crippen molar-refractivity contribution in [2.75, 3.05) is 13.7 Å². The van der Waals surface area contributed by atoms with Crippen LogP contribution in [0.25, 0.3) is 0 Å². The molecule has 3 N–H and O–H groups in total. The molecule has 1 aromatic rings. The first-order valence-electron chi connectivity index (χ1n) is 4.78. The van der Waals surface area contributed by atoms with E-state index in [-0.39, 0.29) is 5.91 Å². The number of aryl methyl sites for hydroxylation is 1. The van der Waals surface area contributed by atoms with Gasteiger partial charge in [0.2, 0.25) is 0 Å². The van der Waals surface area contributed by atoms with E-state index in [2.05, 4.69) is 5.43 Å². The highest BCUT2D eigenvalue weighted by Gasteiger charge is 2.13. The average Bonchev–Trinajstić information content (AvgIpc) is 2.51. The van der Waals surface area contributed by atoms with E-state index in [1.165, 1.54) is 0 Å². The number of ether oxygens (including phenoxy) is 1. The molecule has 0 aromatic carbocycles. The predicted molar refractivity (Wildman–Crippen MR) is 57.4 cm³/mol. The highest BCUT2D eigenvalue weighted by atomic mass is 16.5. The molecule has 0 bridgehead atoms. The monoisotopic (exact) mass is 211 g/mol. The third-order valence-corrected chi connectivity index (χ3v) is 2.47. The molecule has 0 aliphatic rings. The van der Waals surface area contributed by atoms with Gasteiger partial charge in [-0.3, -0.25) is 10.2 Å². The van der Waals surface area contributed by atoms with Crippen molar-refractivity contribution in [3.8, 4) is 0 Å². The van der Waals surface area contributed by atoms with Gasteiger partial charge in [-0.2, -0.15) is 0 Å². The number of nitrogens with one attached hydrogen (secondary N) is 1. The summed E-state index contributed by atoms with van der Waals surface area (Å²) in [6, 6.07) is 1.83. The third-order valence-electron chi connectivity index (χ3n) is 2.47. The van der Waals surface area contributed by atoms with Gasteiger partial charge in [0.15, 0.2) is 0 Å². The van der Waals surface area contributed by atoms with Crippen molar-refractivity contribution in [3.05, 3.63) is 23.0 Å². The minimum absolute atomic E-state index is 0.258. The zero-order chi connectivity index (χ0) is 11.4. The van der Waals surface area contributed by atoms with Crippen molar-refractivity contribution in [1.29, 1.82) is 0 Å². The predicted octanol–water partition coefficient (Wildman–Crippen LogP) is 0.355. The molecular weight excluding hydrogens is 194 g/mol. The van der Waals surface area contributed by atoms with Gasteiger partial charge in [-0.25, -0.2) is 5.84 Å². The molecule has 84 valence electrons. The van der Waals surface area contributed by atoms with Gasteiger partial charge in [0.1, 0.15) is 0 Å². The van der Waals surface area contributed by atoms with E-state index in [1.54, 1.807) is 7.11 Å². The van der Waals surface area contributed by atoms with Crippen molar-refractivity contribution in [2.24, 2.45) is 5.84 Å². The van der Waals surface area contributed by atoms with Crippen LogP contribution in [0.5, 0.6) is 0 Å². The van der Waals surface area contributed by atoms with Gasteiger partial charge < -0.3 is 9.30 Å². The molecule has 0 aliphatic carbocycles. The second kappa shape index (κ2) is 4.95. The van der Waals surface area contributed by atoms with Crippen LogP contribution < -0.4 is 11.3 Å². The lowest BCUT2D eigenvalue weighted by Crippen LogP contribution is -2.30. The first-order valence-corrected chi connectivity index (χ1v) is 4.78. The van der Waals surface area contributed by atoms with Crippen LogP contribution in [0.4, 0.5) is 0 Å². The van der Waals surface area contributed by atoms with Crippen LogP contribution in [0.2, 0.25) is 0 Å². The van der Waals surface area contributed by atoms with Crippen LogP contribution in [-0.4, -0.2) is 24.2 Å². The number of nitrogen functional groups attached to an aromatic ring is 1. The molecular formula is C10H17N3O2. The van der Waals surface area contributed by atoms with E-state index in [4.69, 9.17) is 10.6 Å². The molecule has 0 aliphatic heterocycles. The number of amides is 1. The lowest BCUT2D eigenvalue weighted by molar-refractivity contribution is 0.0952. The van der Waals surface area contributed by atoms with E-state index >= 15 is 0 Å². The minimum atomic E-state index is -0.258. The Balaban J connectivity index is 2.98. The zero-order valence-electron chi connectivity index (χ0n) is 9.33. The summed E-state index contributed by atoms with van der Waals surface area (Å²) in [5.74, 6) is 4.84. The summed E-state index contributed by atoms with van der Waals surface area (Å²) < 4.78 is 7.04. The van der Waals surface area contributed by atoms with Gasteiger partial charge in [-0.05, 0) is 19.9 Å². The maximum Gasteiger partial charge on any atom is 0.267 e. The summed E-state index contributed by atoms with van der Waals surface area (Å²) in [5, 5.41) is 0. The standard InChI is InChI=1S/C10H17N3O2/c1-7-6-9(10(14)12-11)8(2)13(7)4-5-15-3/h6H,4-5,11H2,1-3H3,(H,12,14). The Morgan fingerprint density at radius 2 is 2.27 bits per heavy atom. The number of hydrogen-bond donors (Lipinski definition) is 2. The number of nitrogens with two attached hydrogens (primary N) is 1. The molecule has 0 spiro atoms. The molecule has 5 nitrogen and oxygen atoms in total. The Labute approximate surface area is 89.2 Å². The van der Waals surface area contributed by atoms with Crippen molar-refractivity contribution < 1.29 is 9.53 Å². The summed E-state index contributed by atoms with van der Waals surface area (Å²) in [7, 11) is 1.65. The van der Waals surface area contributed by atoms with E-state index in [0.29, 0.717) is 12.2 Å². The molecule has 15 heavy (non-hydrogen) atoms. The molecule has 1 amide bonds. The van der Waals surface area contributed by atoms with E-state index in [9.17, 15) is 4.79 Å². The third kappa shape index (κ3) is 2.37. The normalized spacial score (nSPS) is 10.4. The smallest absolute Gasteiger partial charge is 0.267 e. The molecule has 1 aromatic heterocycles. The Bertz CT molecular complexity index is 358. The number of carbonyl (C=O) groups excluding carboxylic acids is 1. The Morgan fingerprint density at radius 3 is 2.80 bits per heavy atom. The summed E-state index contributed by atoms with van der Waals surface area (Å²) in [6.45, 7) is 5.22. The second-order valence-corrected chi connectivity index (χ2v) is 3.40. The molecule has 1 rings (SSSR count). The quantitative estimate of drug-likeness (QED) is 0.429. The van der Waals surface area contributed by atoms with Gasteiger partial charge in [0.05, 0.1) is 12.2 Å². The summed E-state index contributed by atoms with van der Waals surface area (Å²) in [6.07, 6.45) is 0. The van der Waals surface area contributed by atoms with Crippen LogP contribution in [0.15, 0.2) is 6.07 Å². The topological polar surface area (TPSA) is 69.3 Å². The Kier molecular flexibility index (Phi) is 3.88. The maximum absolute atomic E-state index is 11.4. The number of hydrogen-bond acceptors (Lipinski definition) is 3. The fourth-order valence-corrected chi connectivity index (χ4v) is 1.64. The minimum Gasteiger partial charge on any atom is -0.383 e. The maximum atomic E-state index is 11.4. The fourth-order valence-electron chi connectivity index (χ4n) is 1.64. The van der Waals surface area contributed by atoms with Crippen LogP contribution in [-0.2, 0) is 11.3 Å². The number of nitrogens with zero attached hydrogens (tertiary/aromatic N) is 1. The van der Waals surface area contributed by atoms with Gasteiger partial charge >= 0.3 is 0 Å². The molecule has 0 saturated carbocycles. The average molecular weight is 211 g/mol. The summed E-state index contributed by atoms with van der Waals surface area (Å²) >= 11 is 0. The summed E-state index contributed by atoms with van der Waals surface area (Å²) in [4.78, 5) is 11.4. The molecule has 0 fully saturated rings. The van der Waals surface area contributed by atoms with Crippen LogP contribution in [0, 0.1) is 13.8 Å². The van der Waals surface area contributed by atoms with E-state index < -0.39 is 0 Å². The largest absolute Gasteiger partial charge is 0.383 e. The first kappa shape index (κ1) is 11.7. The lowest BCUT2D eigenvalue weighted by atomic mass is 10.2. The van der Waals surface area contributed by atoms with Crippen molar-refractivity contribution in [1.82, 2.24) is 9.99 Å². The zero-order valence-corrected chi connectivity index (χ0v) is 9.33. The van der Waals surface area contributed by atoms with Gasteiger partial charge in [-0.1, -0.05) is 0 Å². The van der Waals surface area contributed by atoms with Crippen LogP contribution in [0.3, 0.4) is 0 Å². The molecule has 0 atom stereocenters. The van der Waals surface area contributed by atoms with E-state index in [1.807, 2.05) is 24.5 Å². The fraction of sp³-hybridized carbons (Fsp3) is 0.500. The van der Waals surface area contributed by atoms with Crippen molar-refractivity contribution >= 4 is 5.91 Å². The van der Waals surface area contributed by atoms with E-state index in [0.717, 1.165) is 17.9 Å². The van der Waals surface area contributed by atoms with Gasteiger partial charge in [-0.15, -0.1) is 0 Å². The molecule has 5 heteroatoms. The Hall–Kier alpha value is -1.33.